The molecule has 1 saturated heterocycles. The van der Waals surface area contributed by atoms with E-state index in [0.717, 1.165) is 22.7 Å². The molecule has 0 radical (unpaired) electrons. The van der Waals surface area contributed by atoms with E-state index in [9.17, 15) is 24.2 Å². The number of carboxylic acids is 1. The first-order valence-electron chi connectivity index (χ1n) is 6.49. The highest BCUT2D eigenvalue weighted by Gasteiger charge is 2.58. The van der Waals surface area contributed by atoms with Crippen LogP contribution in [0, 0.1) is 11.7 Å². The minimum Gasteiger partial charge on any atom is -0.476 e. The Morgan fingerprint density at radius 1 is 1.50 bits per heavy atom. The number of rotatable bonds is 4. The smallest absolute Gasteiger partial charge is 0.357 e. The number of ether oxygens (including phenoxy) is 1. The first-order chi connectivity index (χ1) is 10.4. The Labute approximate surface area is 129 Å². The Kier molecular flexibility index (Phi) is 3.57. The molecule has 116 valence electrons. The van der Waals surface area contributed by atoms with Crippen molar-refractivity contribution in [1.29, 1.82) is 0 Å². The monoisotopic (exact) mass is 325 g/mol. The maximum absolute atomic E-state index is 13.2. The summed E-state index contributed by atoms with van der Waals surface area (Å²) in [4.78, 5) is 24.5. The van der Waals surface area contributed by atoms with Crippen molar-refractivity contribution in [1.82, 2.24) is 4.90 Å². The predicted molar refractivity (Wildman–Crippen MR) is 75.1 cm³/mol. The summed E-state index contributed by atoms with van der Waals surface area (Å²) in [6.07, 6.45) is -0.884. The molecule has 1 unspecified atom stereocenters. The van der Waals surface area contributed by atoms with Crippen molar-refractivity contribution >= 4 is 23.6 Å². The van der Waals surface area contributed by atoms with Gasteiger partial charge in [-0.05, 0) is 19.1 Å². The second-order valence-electron chi connectivity index (χ2n) is 4.98. The van der Waals surface area contributed by atoms with E-state index in [4.69, 9.17) is 4.74 Å². The molecular formula is C14H12FNO5S. The largest absolute Gasteiger partial charge is 0.476 e. The number of aliphatic carboxylic acids is 1. The SMILES string of the molecule is C[C@@H](O)[C@H]1C(=O)N2C(C(=O)O)=C(Oc3cccc(F)c3)SC12. The first kappa shape index (κ1) is 14.9. The highest BCUT2D eigenvalue weighted by atomic mass is 32.2. The lowest BCUT2D eigenvalue weighted by molar-refractivity contribution is -0.156. The Bertz CT molecular complexity index is 690. The average molecular weight is 325 g/mol. The van der Waals surface area contributed by atoms with E-state index in [1.807, 2.05) is 0 Å². The van der Waals surface area contributed by atoms with Crippen LogP contribution in [0.25, 0.3) is 0 Å². The van der Waals surface area contributed by atoms with Crippen LogP contribution in [0.1, 0.15) is 6.92 Å². The topological polar surface area (TPSA) is 87.1 Å². The standard InChI is InChI=1S/C14H12FNO5S/c1-6(17)9-11(18)16-10(13(19)20)14(22-12(9)16)21-8-4-2-3-7(15)5-8/h2-6,9,12,17H,1H3,(H,19,20)/t6-,9+,12?/m1/s1. The van der Waals surface area contributed by atoms with Crippen molar-refractivity contribution in [2.45, 2.75) is 18.4 Å². The molecule has 2 N–H and O–H groups in total. The van der Waals surface area contributed by atoms with Crippen molar-refractivity contribution < 1.29 is 28.9 Å². The lowest BCUT2D eigenvalue weighted by Crippen LogP contribution is -2.60. The van der Waals surface area contributed by atoms with E-state index >= 15 is 0 Å². The van der Waals surface area contributed by atoms with Crippen molar-refractivity contribution in [3.63, 3.8) is 0 Å². The Morgan fingerprint density at radius 3 is 2.82 bits per heavy atom. The summed E-state index contributed by atoms with van der Waals surface area (Å²) in [5.41, 5.74) is -0.277. The van der Waals surface area contributed by atoms with E-state index in [-0.39, 0.29) is 16.5 Å². The molecule has 2 heterocycles. The molecule has 3 atom stereocenters. The summed E-state index contributed by atoms with van der Waals surface area (Å²) >= 11 is 1.04. The van der Waals surface area contributed by atoms with Gasteiger partial charge in [0.2, 0.25) is 5.91 Å². The third kappa shape index (κ3) is 2.24. The van der Waals surface area contributed by atoms with Crippen molar-refractivity contribution in [2.75, 3.05) is 0 Å². The summed E-state index contributed by atoms with van der Waals surface area (Å²) in [5.74, 6) is -2.81. The molecule has 0 saturated carbocycles. The fraction of sp³-hybridized carbons (Fsp3) is 0.286. The molecule has 1 amide bonds. The maximum atomic E-state index is 13.2. The molecule has 22 heavy (non-hydrogen) atoms. The van der Waals surface area contributed by atoms with Crippen LogP contribution in [0.2, 0.25) is 0 Å². The minimum absolute atomic E-state index is 0.0135. The van der Waals surface area contributed by atoms with Crippen LogP contribution in [0.4, 0.5) is 4.39 Å². The number of halogens is 1. The molecule has 2 aliphatic rings. The molecule has 1 aromatic carbocycles. The van der Waals surface area contributed by atoms with Crippen LogP contribution in [0.5, 0.6) is 5.75 Å². The van der Waals surface area contributed by atoms with Crippen molar-refractivity contribution in [2.24, 2.45) is 5.92 Å². The molecule has 1 fully saturated rings. The van der Waals surface area contributed by atoms with E-state index in [0.29, 0.717) is 0 Å². The summed E-state index contributed by atoms with van der Waals surface area (Å²) in [7, 11) is 0. The summed E-state index contributed by atoms with van der Waals surface area (Å²) in [6.45, 7) is 1.48. The van der Waals surface area contributed by atoms with E-state index < -0.39 is 35.1 Å². The number of nitrogens with zero attached hydrogens (tertiary/aromatic N) is 1. The number of β-lactam (4-membered cyclic amide) rings is 1. The summed E-state index contributed by atoms with van der Waals surface area (Å²) in [5, 5.41) is 18.4. The first-order valence-corrected chi connectivity index (χ1v) is 7.37. The maximum Gasteiger partial charge on any atom is 0.357 e. The Morgan fingerprint density at radius 2 is 2.23 bits per heavy atom. The number of benzene rings is 1. The van der Waals surface area contributed by atoms with Gasteiger partial charge in [0.05, 0.1) is 12.0 Å². The van der Waals surface area contributed by atoms with Gasteiger partial charge in [-0.3, -0.25) is 9.69 Å². The molecule has 8 heteroatoms. The molecule has 2 aliphatic heterocycles. The van der Waals surface area contributed by atoms with Gasteiger partial charge < -0.3 is 14.9 Å². The number of fused-ring (bicyclic) bond motifs is 1. The van der Waals surface area contributed by atoms with Gasteiger partial charge in [-0.25, -0.2) is 9.18 Å². The molecule has 3 rings (SSSR count). The highest BCUT2D eigenvalue weighted by molar-refractivity contribution is 8.03. The van der Waals surface area contributed by atoms with Gasteiger partial charge in [-0.1, -0.05) is 17.8 Å². The van der Waals surface area contributed by atoms with E-state index in [1.54, 1.807) is 0 Å². The van der Waals surface area contributed by atoms with Crippen LogP contribution in [-0.4, -0.2) is 38.5 Å². The Hall–Kier alpha value is -2.06. The number of carbonyl (C=O) groups is 2. The average Bonchev–Trinajstić information content (AvgIpc) is 2.73. The lowest BCUT2D eigenvalue weighted by Gasteiger charge is -2.43. The zero-order chi connectivity index (χ0) is 16.0. The predicted octanol–water partition coefficient (Wildman–Crippen LogP) is 1.37. The van der Waals surface area contributed by atoms with Gasteiger partial charge in [0, 0.05) is 6.07 Å². The molecule has 1 aromatic rings. The van der Waals surface area contributed by atoms with E-state index in [2.05, 4.69) is 0 Å². The number of carbonyl (C=O) groups excluding carboxylic acids is 1. The summed E-state index contributed by atoms with van der Waals surface area (Å²) in [6, 6.07) is 5.28. The number of thioether (sulfide) groups is 1. The van der Waals surface area contributed by atoms with Crippen LogP contribution in [-0.2, 0) is 9.59 Å². The van der Waals surface area contributed by atoms with Gasteiger partial charge in [0.25, 0.3) is 0 Å². The third-order valence-electron chi connectivity index (χ3n) is 3.48. The number of carboxylic acid groups (broad SMARTS) is 1. The second kappa shape index (κ2) is 5.29. The molecule has 0 aromatic heterocycles. The number of amides is 1. The number of hydrogen-bond donors (Lipinski definition) is 2. The van der Waals surface area contributed by atoms with Gasteiger partial charge >= 0.3 is 5.97 Å². The molecule has 0 spiro atoms. The second-order valence-corrected chi connectivity index (χ2v) is 6.07. The normalized spacial score (nSPS) is 24.9. The van der Waals surface area contributed by atoms with Gasteiger partial charge in [-0.2, -0.15) is 0 Å². The van der Waals surface area contributed by atoms with Crippen molar-refractivity contribution in [3.05, 3.63) is 40.9 Å². The number of aliphatic hydroxyl groups is 1. The fourth-order valence-electron chi connectivity index (χ4n) is 2.46. The van der Waals surface area contributed by atoms with E-state index in [1.165, 1.54) is 25.1 Å². The minimum atomic E-state index is -1.31. The highest BCUT2D eigenvalue weighted by Crippen LogP contribution is 2.50. The molecule has 0 aliphatic carbocycles. The van der Waals surface area contributed by atoms with Crippen LogP contribution in [0.3, 0.4) is 0 Å². The lowest BCUT2D eigenvalue weighted by atomic mass is 9.92. The number of aliphatic hydroxyl groups excluding tert-OH is 1. The zero-order valence-electron chi connectivity index (χ0n) is 11.4. The van der Waals surface area contributed by atoms with Gasteiger partial charge in [0.15, 0.2) is 10.8 Å². The van der Waals surface area contributed by atoms with Crippen LogP contribution < -0.4 is 4.74 Å². The van der Waals surface area contributed by atoms with Gasteiger partial charge in [-0.15, -0.1) is 0 Å². The third-order valence-corrected chi connectivity index (χ3v) is 4.71. The molecule has 0 bridgehead atoms. The fourth-order valence-corrected chi connectivity index (χ4v) is 3.92. The van der Waals surface area contributed by atoms with Crippen molar-refractivity contribution in [3.8, 4) is 5.75 Å². The van der Waals surface area contributed by atoms with Crippen LogP contribution in [0.15, 0.2) is 35.1 Å². The zero-order valence-corrected chi connectivity index (χ0v) is 12.2. The van der Waals surface area contributed by atoms with Crippen LogP contribution >= 0.6 is 11.8 Å². The summed E-state index contributed by atoms with van der Waals surface area (Å²) < 4.78 is 18.6. The molecular weight excluding hydrogens is 313 g/mol. The quantitative estimate of drug-likeness (QED) is 0.813. The molecule has 6 nitrogen and oxygen atoms in total. The van der Waals surface area contributed by atoms with Gasteiger partial charge in [0.1, 0.15) is 16.9 Å². The number of hydrogen-bond acceptors (Lipinski definition) is 5. The Balaban J connectivity index is 1.90.